The molecule has 1 atom stereocenters. The van der Waals surface area contributed by atoms with E-state index < -0.39 is 12.0 Å². The van der Waals surface area contributed by atoms with Crippen LogP contribution < -0.4 is 5.32 Å². The Morgan fingerprint density at radius 3 is 1.97 bits per heavy atom. The Balaban J connectivity index is 1.79. The molecular formula is C26H28N4O4. The standard InChI is InChI=1S/C26H28N4O4/c1-19(31)30(18-12-21-9-15-28-16-10-21)25(32)24(29-17-11-20-7-13-27-14-8-20)22-3-5-23(6-4-22)26(33)34-2/h3-10,13-16,24,29H,11-12,17-18H2,1-2H3. The van der Waals surface area contributed by atoms with Crippen LogP contribution in [0.3, 0.4) is 0 Å². The monoisotopic (exact) mass is 460 g/mol. The molecule has 0 saturated carbocycles. The molecule has 0 saturated heterocycles. The van der Waals surface area contributed by atoms with Crippen LogP contribution in [-0.4, -0.2) is 52.9 Å². The molecule has 0 aliphatic heterocycles. The number of nitrogens with one attached hydrogen (secondary N) is 1. The van der Waals surface area contributed by atoms with E-state index in [1.54, 1.807) is 49.1 Å². The van der Waals surface area contributed by atoms with Crippen LogP contribution in [0.1, 0.15) is 40.0 Å². The Kier molecular flexibility index (Phi) is 8.99. The number of rotatable bonds is 10. The van der Waals surface area contributed by atoms with Gasteiger partial charge in [-0.05, 0) is 65.9 Å². The van der Waals surface area contributed by atoms with Crippen molar-refractivity contribution in [2.45, 2.75) is 25.8 Å². The highest BCUT2D eigenvalue weighted by atomic mass is 16.5. The third kappa shape index (κ3) is 6.79. The molecule has 0 bridgehead atoms. The van der Waals surface area contributed by atoms with E-state index in [4.69, 9.17) is 4.74 Å². The van der Waals surface area contributed by atoms with E-state index in [0.29, 0.717) is 30.5 Å². The number of amides is 2. The number of imide groups is 1. The molecule has 2 aromatic heterocycles. The van der Waals surface area contributed by atoms with Crippen molar-refractivity contribution in [3.05, 3.63) is 95.6 Å². The van der Waals surface area contributed by atoms with Crippen molar-refractivity contribution in [3.8, 4) is 0 Å². The molecule has 3 aromatic rings. The van der Waals surface area contributed by atoms with Gasteiger partial charge in [0.15, 0.2) is 0 Å². The van der Waals surface area contributed by atoms with Gasteiger partial charge in [-0.1, -0.05) is 12.1 Å². The summed E-state index contributed by atoms with van der Waals surface area (Å²) in [5.74, 6) is -1.13. The molecule has 2 amide bonds. The predicted octanol–water partition coefficient (Wildman–Crippen LogP) is 2.75. The van der Waals surface area contributed by atoms with E-state index in [1.807, 2.05) is 24.3 Å². The second-order valence-electron chi connectivity index (χ2n) is 7.72. The van der Waals surface area contributed by atoms with Crippen molar-refractivity contribution in [2.24, 2.45) is 0 Å². The summed E-state index contributed by atoms with van der Waals surface area (Å²) in [6.07, 6.45) is 8.02. The smallest absolute Gasteiger partial charge is 0.337 e. The minimum atomic E-state index is -0.755. The number of pyridine rings is 2. The first-order chi connectivity index (χ1) is 16.5. The predicted molar refractivity (Wildman–Crippen MR) is 127 cm³/mol. The second kappa shape index (κ2) is 12.4. The van der Waals surface area contributed by atoms with E-state index in [0.717, 1.165) is 11.1 Å². The van der Waals surface area contributed by atoms with E-state index in [-0.39, 0.29) is 18.4 Å². The molecule has 0 spiro atoms. The summed E-state index contributed by atoms with van der Waals surface area (Å²) in [7, 11) is 1.32. The van der Waals surface area contributed by atoms with Crippen molar-refractivity contribution in [3.63, 3.8) is 0 Å². The molecule has 0 aliphatic carbocycles. The maximum atomic E-state index is 13.6. The van der Waals surface area contributed by atoms with Crippen LogP contribution in [-0.2, 0) is 27.2 Å². The highest BCUT2D eigenvalue weighted by molar-refractivity contribution is 5.97. The van der Waals surface area contributed by atoms with Gasteiger partial charge in [-0.3, -0.25) is 24.5 Å². The van der Waals surface area contributed by atoms with Crippen LogP contribution in [0.15, 0.2) is 73.3 Å². The van der Waals surface area contributed by atoms with E-state index in [9.17, 15) is 14.4 Å². The lowest BCUT2D eigenvalue weighted by molar-refractivity contribution is -0.145. The van der Waals surface area contributed by atoms with Gasteiger partial charge in [-0.15, -0.1) is 0 Å². The molecule has 1 aromatic carbocycles. The number of aromatic nitrogens is 2. The first-order valence-electron chi connectivity index (χ1n) is 11.0. The van der Waals surface area contributed by atoms with Gasteiger partial charge < -0.3 is 10.1 Å². The fourth-order valence-electron chi connectivity index (χ4n) is 3.56. The Hall–Kier alpha value is -3.91. The maximum absolute atomic E-state index is 13.6. The normalized spacial score (nSPS) is 11.5. The third-order valence-electron chi connectivity index (χ3n) is 5.44. The van der Waals surface area contributed by atoms with Crippen molar-refractivity contribution in [1.29, 1.82) is 0 Å². The minimum Gasteiger partial charge on any atom is -0.465 e. The van der Waals surface area contributed by atoms with E-state index in [1.165, 1.54) is 18.9 Å². The third-order valence-corrected chi connectivity index (χ3v) is 5.44. The second-order valence-corrected chi connectivity index (χ2v) is 7.72. The zero-order chi connectivity index (χ0) is 24.3. The van der Waals surface area contributed by atoms with Crippen LogP contribution in [0.4, 0.5) is 0 Å². The van der Waals surface area contributed by atoms with Crippen LogP contribution in [0.5, 0.6) is 0 Å². The summed E-state index contributed by atoms with van der Waals surface area (Å²) in [5, 5.41) is 3.29. The van der Waals surface area contributed by atoms with Crippen molar-refractivity contribution >= 4 is 17.8 Å². The number of methoxy groups -OCH3 is 1. The number of benzene rings is 1. The van der Waals surface area contributed by atoms with Gasteiger partial charge in [0.1, 0.15) is 6.04 Å². The quantitative estimate of drug-likeness (QED) is 0.464. The summed E-state index contributed by atoms with van der Waals surface area (Å²) in [6.45, 7) is 2.15. The number of hydrogen-bond acceptors (Lipinski definition) is 7. The van der Waals surface area contributed by atoms with E-state index in [2.05, 4.69) is 15.3 Å². The average Bonchev–Trinajstić information content (AvgIpc) is 2.87. The SMILES string of the molecule is COC(=O)c1ccc(C(NCCc2ccncc2)C(=O)N(CCc2ccncc2)C(C)=O)cc1. The Labute approximate surface area is 199 Å². The lowest BCUT2D eigenvalue weighted by Gasteiger charge is -2.26. The molecule has 0 aliphatic rings. The summed E-state index contributed by atoms with van der Waals surface area (Å²) in [4.78, 5) is 47.1. The Morgan fingerprint density at radius 2 is 1.44 bits per heavy atom. The number of nitrogens with zero attached hydrogens (tertiary/aromatic N) is 3. The average molecular weight is 461 g/mol. The summed E-state index contributed by atoms with van der Waals surface area (Å²) in [5.41, 5.74) is 3.10. The van der Waals surface area contributed by atoms with Gasteiger partial charge in [0.05, 0.1) is 12.7 Å². The molecule has 34 heavy (non-hydrogen) atoms. The fraction of sp³-hybridized carbons (Fsp3) is 0.269. The molecule has 0 fully saturated rings. The van der Waals surface area contributed by atoms with Gasteiger partial charge in [0, 0.05) is 44.8 Å². The summed E-state index contributed by atoms with van der Waals surface area (Å²) < 4.78 is 4.76. The molecule has 2 heterocycles. The molecule has 0 radical (unpaired) electrons. The van der Waals surface area contributed by atoms with Gasteiger partial charge in [-0.2, -0.15) is 0 Å². The number of carbonyl (C=O) groups excluding carboxylic acids is 3. The molecular weight excluding hydrogens is 432 g/mol. The summed E-state index contributed by atoms with van der Waals surface area (Å²) >= 11 is 0. The van der Waals surface area contributed by atoms with Crippen LogP contribution in [0.2, 0.25) is 0 Å². The summed E-state index contributed by atoms with van der Waals surface area (Å²) in [6, 6.07) is 13.4. The largest absolute Gasteiger partial charge is 0.465 e. The van der Waals surface area contributed by atoms with Gasteiger partial charge in [0.25, 0.3) is 5.91 Å². The minimum absolute atomic E-state index is 0.251. The number of ether oxygens (including phenoxy) is 1. The zero-order valence-corrected chi connectivity index (χ0v) is 19.3. The molecule has 8 nitrogen and oxygen atoms in total. The van der Waals surface area contributed by atoms with Gasteiger partial charge in [-0.25, -0.2) is 4.79 Å². The molecule has 3 rings (SSSR count). The first-order valence-corrected chi connectivity index (χ1v) is 11.0. The molecule has 176 valence electrons. The molecule has 8 heteroatoms. The molecule has 1 unspecified atom stereocenters. The highest BCUT2D eigenvalue weighted by Crippen LogP contribution is 2.19. The fourth-order valence-corrected chi connectivity index (χ4v) is 3.56. The van der Waals surface area contributed by atoms with Crippen molar-refractivity contribution in [1.82, 2.24) is 20.2 Å². The van der Waals surface area contributed by atoms with Crippen LogP contribution in [0, 0.1) is 0 Å². The van der Waals surface area contributed by atoms with E-state index >= 15 is 0 Å². The van der Waals surface area contributed by atoms with Gasteiger partial charge >= 0.3 is 5.97 Å². The topological polar surface area (TPSA) is 101 Å². The lowest BCUT2D eigenvalue weighted by Crippen LogP contribution is -2.44. The maximum Gasteiger partial charge on any atom is 0.337 e. The highest BCUT2D eigenvalue weighted by Gasteiger charge is 2.28. The Morgan fingerprint density at radius 1 is 0.882 bits per heavy atom. The van der Waals surface area contributed by atoms with Crippen LogP contribution >= 0.6 is 0 Å². The van der Waals surface area contributed by atoms with Crippen molar-refractivity contribution < 1.29 is 19.1 Å². The van der Waals surface area contributed by atoms with Crippen molar-refractivity contribution in [2.75, 3.05) is 20.2 Å². The number of esters is 1. The zero-order valence-electron chi connectivity index (χ0n) is 19.3. The number of hydrogen-bond donors (Lipinski definition) is 1. The lowest BCUT2D eigenvalue weighted by atomic mass is 10.0. The first kappa shape index (κ1) is 24.7. The van der Waals surface area contributed by atoms with Gasteiger partial charge in [0.2, 0.25) is 5.91 Å². The Bertz CT molecular complexity index is 1090. The number of carbonyl (C=O) groups is 3. The molecule has 1 N–H and O–H groups in total. The van der Waals surface area contributed by atoms with Crippen LogP contribution in [0.25, 0.3) is 0 Å².